The summed E-state index contributed by atoms with van der Waals surface area (Å²) in [6, 6.07) is 0. The molecule has 1 atom stereocenters. The van der Waals surface area contributed by atoms with Gasteiger partial charge in [-0.2, -0.15) is 0 Å². The second kappa shape index (κ2) is 63.1. The van der Waals surface area contributed by atoms with Crippen LogP contribution in [-0.4, -0.2) is 144 Å². The van der Waals surface area contributed by atoms with Gasteiger partial charge in [-0.25, -0.2) is 4.79 Å². The number of hydrogen-bond acceptors (Lipinski definition) is 12. The first-order valence-corrected chi connectivity index (χ1v) is 29.8. The summed E-state index contributed by atoms with van der Waals surface area (Å²) in [6.07, 6.45) is 43.9. The highest BCUT2D eigenvalue weighted by Crippen LogP contribution is 2.16. The summed E-state index contributed by atoms with van der Waals surface area (Å²) in [5.41, 5.74) is 0.375. The quantitative estimate of drug-likeness (QED) is 0.0328. The second-order valence-electron chi connectivity index (χ2n) is 19.5. The molecule has 0 aliphatic carbocycles. The van der Waals surface area contributed by atoms with E-state index in [9.17, 15) is 4.79 Å². The van der Waals surface area contributed by atoms with Gasteiger partial charge in [-0.3, -0.25) is 0 Å². The van der Waals surface area contributed by atoms with Crippen molar-refractivity contribution < 1.29 is 56.9 Å². The molecule has 0 amide bonds. The summed E-state index contributed by atoms with van der Waals surface area (Å²) in [4.78, 5) is 11.3. The third kappa shape index (κ3) is 61.3. The number of carbonyl (C=O) groups excluding carboxylic acids is 1. The average molecular weight is 1020 g/mol. The molecule has 12 heteroatoms. The largest absolute Gasteiger partial charge is 0.460 e. The van der Waals surface area contributed by atoms with Gasteiger partial charge in [0.05, 0.1) is 112 Å². The van der Waals surface area contributed by atoms with Crippen molar-refractivity contribution in [1.82, 2.24) is 0 Å². The van der Waals surface area contributed by atoms with Crippen molar-refractivity contribution in [2.75, 3.05) is 132 Å². The van der Waals surface area contributed by atoms with Gasteiger partial charge in [-0.1, -0.05) is 213 Å². The first kappa shape index (κ1) is 69.8. The molecule has 0 bridgehead atoms. The molecule has 0 aromatic heterocycles. The second-order valence-corrected chi connectivity index (χ2v) is 19.5. The molecule has 0 rings (SSSR count). The standard InChI is InChI=1S/C59H116O12/c1-5-7-9-11-13-15-17-19-21-23-25-27-29-31-33-35-37-68-55-58(70-38-36-34-32-30-28-26-24-22-20-18-16-14-12-10-8-6-2)56-69-52-51-66-48-47-64-44-43-62-40-39-61-41-42-63-45-46-65-49-50-67-53-54-71-59(60)57(3)4/h58H,3,5-56H2,1-2,4H3. The van der Waals surface area contributed by atoms with Crippen LogP contribution in [0.25, 0.3) is 0 Å². The summed E-state index contributed by atoms with van der Waals surface area (Å²) >= 11 is 0. The summed E-state index contributed by atoms with van der Waals surface area (Å²) in [7, 11) is 0. The Balaban J connectivity index is 3.91. The van der Waals surface area contributed by atoms with Crippen LogP contribution in [0.15, 0.2) is 12.2 Å². The molecule has 71 heavy (non-hydrogen) atoms. The number of esters is 1. The summed E-state index contributed by atoms with van der Waals surface area (Å²) in [6.45, 7) is 19.8. The lowest BCUT2D eigenvalue weighted by Gasteiger charge is -2.18. The Labute approximate surface area is 438 Å². The molecule has 0 N–H and O–H groups in total. The van der Waals surface area contributed by atoms with Gasteiger partial charge in [0.25, 0.3) is 0 Å². The highest BCUT2D eigenvalue weighted by molar-refractivity contribution is 5.86. The van der Waals surface area contributed by atoms with E-state index in [0.717, 1.165) is 26.1 Å². The molecule has 0 saturated heterocycles. The molecule has 0 saturated carbocycles. The molecular weight excluding hydrogens is 901 g/mol. The number of hydrogen-bond donors (Lipinski definition) is 0. The van der Waals surface area contributed by atoms with E-state index in [2.05, 4.69) is 20.4 Å². The van der Waals surface area contributed by atoms with E-state index < -0.39 is 5.97 Å². The highest BCUT2D eigenvalue weighted by atomic mass is 16.6. The van der Waals surface area contributed by atoms with Crippen LogP contribution < -0.4 is 0 Å². The van der Waals surface area contributed by atoms with Crippen LogP contribution in [0, 0.1) is 0 Å². The topological polar surface area (TPSA) is 119 Å². The molecule has 424 valence electrons. The van der Waals surface area contributed by atoms with Gasteiger partial charge in [-0.05, 0) is 19.8 Å². The summed E-state index contributed by atoms with van der Waals surface area (Å²) in [5, 5.41) is 0. The number of rotatable bonds is 64. The Bertz CT molecular complexity index is 1020. The fourth-order valence-electron chi connectivity index (χ4n) is 8.08. The Kier molecular flexibility index (Phi) is 62.0. The van der Waals surface area contributed by atoms with E-state index in [1.54, 1.807) is 6.92 Å². The third-order valence-electron chi connectivity index (χ3n) is 12.5. The van der Waals surface area contributed by atoms with E-state index in [0.29, 0.717) is 118 Å². The van der Waals surface area contributed by atoms with Crippen molar-refractivity contribution >= 4 is 5.97 Å². The monoisotopic (exact) mass is 1020 g/mol. The lowest BCUT2D eigenvalue weighted by Crippen LogP contribution is -2.27. The van der Waals surface area contributed by atoms with Crippen LogP contribution >= 0.6 is 0 Å². The SMILES string of the molecule is C=C(C)C(=O)OCCOCCOCCOCCOCCOCCOCCOCCOCC(COCCCCCCCCCCCCCCCCCC)OCCCCCCCCCCCCCCCCCC. The molecule has 12 nitrogen and oxygen atoms in total. The number of ether oxygens (including phenoxy) is 11. The Morgan fingerprint density at radius 1 is 0.296 bits per heavy atom. The molecule has 0 spiro atoms. The first-order valence-electron chi connectivity index (χ1n) is 29.8. The number of carbonyl (C=O) groups is 1. The predicted octanol–water partition coefficient (Wildman–Crippen LogP) is 14.2. The van der Waals surface area contributed by atoms with E-state index in [1.165, 1.54) is 193 Å². The minimum absolute atomic E-state index is 0.0441. The fraction of sp³-hybridized carbons (Fsp3) is 0.949. The van der Waals surface area contributed by atoms with E-state index >= 15 is 0 Å². The molecule has 0 aromatic rings. The molecule has 1 unspecified atom stereocenters. The van der Waals surface area contributed by atoms with E-state index in [1.807, 2.05) is 0 Å². The van der Waals surface area contributed by atoms with Crippen molar-refractivity contribution in [3.63, 3.8) is 0 Å². The molecule has 0 aromatic carbocycles. The zero-order valence-corrected chi connectivity index (χ0v) is 47.0. The highest BCUT2D eigenvalue weighted by Gasteiger charge is 2.11. The van der Waals surface area contributed by atoms with Gasteiger partial charge < -0.3 is 52.1 Å². The van der Waals surface area contributed by atoms with Gasteiger partial charge in [-0.15, -0.1) is 0 Å². The van der Waals surface area contributed by atoms with Gasteiger partial charge in [0, 0.05) is 18.8 Å². The van der Waals surface area contributed by atoms with Crippen molar-refractivity contribution in [1.29, 1.82) is 0 Å². The van der Waals surface area contributed by atoms with Crippen molar-refractivity contribution in [2.45, 2.75) is 232 Å². The minimum atomic E-state index is -0.407. The van der Waals surface area contributed by atoms with Crippen LogP contribution in [0.1, 0.15) is 226 Å². The number of unbranched alkanes of at least 4 members (excludes halogenated alkanes) is 30. The zero-order valence-electron chi connectivity index (χ0n) is 47.0. The maximum atomic E-state index is 11.3. The first-order chi connectivity index (χ1) is 35.1. The normalized spacial score (nSPS) is 12.0. The van der Waals surface area contributed by atoms with Crippen LogP contribution in [0.4, 0.5) is 0 Å². The molecule has 0 aliphatic rings. The Morgan fingerprint density at radius 2 is 0.521 bits per heavy atom. The maximum absolute atomic E-state index is 11.3. The summed E-state index contributed by atoms with van der Waals surface area (Å²) < 4.78 is 62.2. The predicted molar refractivity (Wildman–Crippen MR) is 292 cm³/mol. The van der Waals surface area contributed by atoms with Crippen LogP contribution in [0.2, 0.25) is 0 Å². The lowest BCUT2D eigenvalue weighted by atomic mass is 10.0. The van der Waals surface area contributed by atoms with E-state index in [-0.39, 0.29) is 12.7 Å². The van der Waals surface area contributed by atoms with Crippen LogP contribution in [0.3, 0.4) is 0 Å². The molecular formula is C59H116O12. The van der Waals surface area contributed by atoms with Gasteiger partial charge in [0.2, 0.25) is 0 Å². The fourth-order valence-corrected chi connectivity index (χ4v) is 8.08. The van der Waals surface area contributed by atoms with Gasteiger partial charge >= 0.3 is 5.97 Å². The van der Waals surface area contributed by atoms with Crippen LogP contribution in [-0.2, 0) is 56.9 Å². The molecule has 0 radical (unpaired) electrons. The molecule has 0 fully saturated rings. The van der Waals surface area contributed by atoms with Crippen molar-refractivity contribution in [3.05, 3.63) is 12.2 Å². The van der Waals surface area contributed by atoms with Crippen LogP contribution in [0.5, 0.6) is 0 Å². The smallest absolute Gasteiger partial charge is 0.333 e. The Morgan fingerprint density at radius 3 is 0.803 bits per heavy atom. The van der Waals surface area contributed by atoms with Gasteiger partial charge in [0.15, 0.2) is 0 Å². The van der Waals surface area contributed by atoms with Gasteiger partial charge in [0.1, 0.15) is 12.7 Å². The zero-order chi connectivity index (χ0) is 51.3. The van der Waals surface area contributed by atoms with Crippen molar-refractivity contribution in [2.24, 2.45) is 0 Å². The Hall–Kier alpha value is -1.19. The third-order valence-corrected chi connectivity index (χ3v) is 12.5. The van der Waals surface area contributed by atoms with E-state index in [4.69, 9.17) is 52.1 Å². The average Bonchev–Trinajstić information content (AvgIpc) is 3.37. The minimum Gasteiger partial charge on any atom is -0.460 e. The molecule has 0 aliphatic heterocycles. The summed E-state index contributed by atoms with van der Waals surface area (Å²) in [5.74, 6) is -0.407. The molecule has 0 heterocycles. The lowest BCUT2D eigenvalue weighted by molar-refractivity contribution is -0.140. The van der Waals surface area contributed by atoms with Crippen molar-refractivity contribution in [3.8, 4) is 0 Å². The maximum Gasteiger partial charge on any atom is 0.333 e.